The first-order chi connectivity index (χ1) is 6.74. The molecule has 0 aromatic carbocycles. The summed E-state index contributed by atoms with van der Waals surface area (Å²) in [5.41, 5.74) is 0. The first-order valence-electron chi connectivity index (χ1n) is 4.43. The molecule has 1 atom stereocenters. The Morgan fingerprint density at radius 3 is 3.00 bits per heavy atom. The van der Waals surface area contributed by atoms with Crippen LogP contribution in [0.5, 0.6) is 0 Å². The molecule has 1 unspecified atom stereocenters. The monoisotopic (exact) mass is 217 g/mol. The van der Waals surface area contributed by atoms with Crippen LogP contribution in [0.2, 0.25) is 0 Å². The lowest BCUT2D eigenvalue weighted by Crippen LogP contribution is -2.14. The van der Waals surface area contributed by atoms with Gasteiger partial charge in [-0.15, -0.1) is 5.10 Å². The van der Waals surface area contributed by atoms with Crippen molar-refractivity contribution in [3.63, 3.8) is 0 Å². The first-order valence-corrected chi connectivity index (χ1v) is 6.16. The second-order valence-corrected chi connectivity index (χ2v) is 4.53. The maximum absolute atomic E-state index is 10.8. The van der Waals surface area contributed by atoms with E-state index in [0.717, 1.165) is 18.8 Å². The third kappa shape index (κ3) is 3.51. The molecule has 0 bridgehead atoms. The number of aryl methyl sites for hydroxylation is 1. The fraction of sp³-hybridized carbons (Fsp3) is 0.857. The van der Waals surface area contributed by atoms with Gasteiger partial charge in [-0.25, -0.2) is 4.68 Å². The minimum atomic E-state index is -0.735. The molecule has 0 saturated carbocycles. The van der Waals surface area contributed by atoms with Gasteiger partial charge in [-0.2, -0.15) is 0 Å². The molecule has 0 aliphatic heterocycles. The summed E-state index contributed by atoms with van der Waals surface area (Å²) in [5, 5.41) is 14.3. The third-order valence-electron chi connectivity index (χ3n) is 1.74. The van der Waals surface area contributed by atoms with Crippen molar-refractivity contribution in [3.8, 4) is 0 Å². The van der Waals surface area contributed by atoms with Crippen molar-refractivity contribution in [2.75, 3.05) is 19.1 Å². The fourth-order valence-electron chi connectivity index (χ4n) is 1.10. The zero-order valence-corrected chi connectivity index (χ0v) is 9.25. The first kappa shape index (κ1) is 11.3. The standard InChI is InChI=1S/C7H15N5OS/c1-8-6-7-9-10-11-12(7)4-3-5-14(2)13/h8H,3-6H2,1-2H3. The minimum Gasteiger partial charge on any atom is -0.313 e. The SMILES string of the molecule is CNCc1nnnn1CCCS(C)=O. The van der Waals surface area contributed by atoms with Crippen LogP contribution in [0.1, 0.15) is 12.2 Å². The summed E-state index contributed by atoms with van der Waals surface area (Å²) < 4.78 is 12.6. The lowest BCUT2D eigenvalue weighted by molar-refractivity contribution is 0.545. The Hall–Kier alpha value is -0.820. The normalized spacial score (nSPS) is 13.0. The van der Waals surface area contributed by atoms with E-state index in [9.17, 15) is 4.21 Å². The largest absolute Gasteiger partial charge is 0.313 e. The molecule has 0 aliphatic carbocycles. The maximum atomic E-state index is 10.8. The lowest BCUT2D eigenvalue weighted by atomic mass is 10.4. The highest BCUT2D eigenvalue weighted by Gasteiger charge is 2.03. The van der Waals surface area contributed by atoms with Crippen LogP contribution in [0.3, 0.4) is 0 Å². The summed E-state index contributed by atoms with van der Waals surface area (Å²) in [6, 6.07) is 0. The van der Waals surface area contributed by atoms with Gasteiger partial charge in [0, 0.05) is 29.4 Å². The summed E-state index contributed by atoms with van der Waals surface area (Å²) in [7, 11) is 1.11. The van der Waals surface area contributed by atoms with Crippen LogP contribution >= 0.6 is 0 Å². The van der Waals surface area contributed by atoms with Crippen molar-refractivity contribution in [1.82, 2.24) is 25.5 Å². The average molecular weight is 217 g/mol. The second kappa shape index (κ2) is 5.82. The predicted molar refractivity (Wildman–Crippen MR) is 54.1 cm³/mol. The van der Waals surface area contributed by atoms with Gasteiger partial charge in [-0.05, 0) is 23.9 Å². The molecular weight excluding hydrogens is 202 g/mol. The van der Waals surface area contributed by atoms with Crippen LogP contribution in [-0.4, -0.2) is 43.5 Å². The number of nitrogens with zero attached hydrogens (tertiary/aromatic N) is 4. The van der Waals surface area contributed by atoms with E-state index in [1.807, 2.05) is 7.05 Å². The number of aromatic nitrogens is 4. The van der Waals surface area contributed by atoms with Gasteiger partial charge >= 0.3 is 0 Å². The molecule has 7 heteroatoms. The van der Waals surface area contributed by atoms with Crippen LogP contribution in [0.4, 0.5) is 0 Å². The molecule has 0 saturated heterocycles. The molecule has 0 aliphatic rings. The van der Waals surface area contributed by atoms with Crippen molar-refractivity contribution >= 4 is 10.8 Å². The van der Waals surface area contributed by atoms with E-state index >= 15 is 0 Å². The number of rotatable bonds is 6. The molecule has 80 valence electrons. The van der Waals surface area contributed by atoms with E-state index in [-0.39, 0.29) is 0 Å². The van der Waals surface area contributed by atoms with Crippen LogP contribution in [0, 0.1) is 0 Å². The van der Waals surface area contributed by atoms with Gasteiger partial charge in [-0.1, -0.05) is 0 Å². The van der Waals surface area contributed by atoms with Gasteiger partial charge in [0.05, 0.1) is 6.54 Å². The molecule has 1 heterocycles. The highest BCUT2D eigenvalue weighted by molar-refractivity contribution is 7.84. The topological polar surface area (TPSA) is 72.7 Å². The zero-order valence-electron chi connectivity index (χ0n) is 8.43. The molecule has 1 rings (SSSR count). The van der Waals surface area contributed by atoms with Gasteiger partial charge in [0.1, 0.15) is 0 Å². The van der Waals surface area contributed by atoms with Crippen LogP contribution in [0.25, 0.3) is 0 Å². The van der Waals surface area contributed by atoms with Crippen LogP contribution < -0.4 is 5.32 Å². The Balaban J connectivity index is 2.41. The van der Waals surface area contributed by atoms with Gasteiger partial charge in [0.15, 0.2) is 5.82 Å². The molecule has 1 N–H and O–H groups in total. The van der Waals surface area contributed by atoms with Crippen molar-refractivity contribution in [3.05, 3.63) is 5.82 Å². The second-order valence-electron chi connectivity index (χ2n) is 2.98. The summed E-state index contributed by atoms with van der Waals surface area (Å²) >= 11 is 0. The Bertz CT molecular complexity index is 300. The molecule has 6 nitrogen and oxygen atoms in total. The average Bonchev–Trinajstić information content (AvgIpc) is 2.53. The van der Waals surface area contributed by atoms with Crippen LogP contribution in [-0.2, 0) is 23.9 Å². The smallest absolute Gasteiger partial charge is 0.165 e. The van der Waals surface area contributed by atoms with E-state index in [2.05, 4.69) is 20.8 Å². The van der Waals surface area contributed by atoms with Crippen molar-refractivity contribution < 1.29 is 4.21 Å². The summed E-state index contributed by atoms with van der Waals surface area (Å²) in [4.78, 5) is 0. The number of tetrazole rings is 1. The van der Waals surface area contributed by atoms with Crippen molar-refractivity contribution in [2.45, 2.75) is 19.5 Å². The Morgan fingerprint density at radius 2 is 2.36 bits per heavy atom. The third-order valence-corrected chi connectivity index (χ3v) is 2.61. The van der Waals surface area contributed by atoms with Gasteiger partial charge in [-0.3, -0.25) is 4.21 Å². The van der Waals surface area contributed by atoms with E-state index in [1.54, 1.807) is 10.9 Å². The van der Waals surface area contributed by atoms with E-state index in [1.165, 1.54) is 0 Å². The Kier molecular flexibility index (Phi) is 4.68. The summed E-state index contributed by atoms with van der Waals surface area (Å²) in [6.45, 7) is 1.38. The highest BCUT2D eigenvalue weighted by atomic mass is 32.2. The summed E-state index contributed by atoms with van der Waals surface area (Å²) in [5.74, 6) is 1.51. The summed E-state index contributed by atoms with van der Waals surface area (Å²) in [6.07, 6.45) is 2.54. The van der Waals surface area contributed by atoms with Gasteiger partial charge in [0.25, 0.3) is 0 Å². The lowest BCUT2D eigenvalue weighted by Gasteiger charge is -2.02. The molecule has 14 heavy (non-hydrogen) atoms. The molecule has 1 aromatic heterocycles. The number of nitrogens with one attached hydrogen (secondary N) is 1. The van der Waals surface area contributed by atoms with Crippen molar-refractivity contribution in [2.24, 2.45) is 0 Å². The zero-order chi connectivity index (χ0) is 10.4. The molecule has 0 radical (unpaired) electrons. The fourth-order valence-corrected chi connectivity index (χ4v) is 1.63. The number of hydrogen-bond donors (Lipinski definition) is 1. The van der Waals surface area contributed by atoms with E-state index < -0.39 is 10.8 Å². The van der Waals surface area contributed by atoms with Crippen molar-refractivity contribution in [1.29, 1.82) is 0 Å². The molecule has 0 fully saturated rings. The Morgan fingerprint density at radius 1 is 1.57 bits per heavy atom. The predicted octanol–water partition coefficient (Wildman–Crippen LogP) is -0.839. The molecule has 0 amide bonds. The maximum Gasteiger partial charge on any atom is 0.165 e. The number of hydrogen-bond acceptors (Lipinski definition) is 5. The molecular formula is C7H15N5OS. The van der Waals surface area contributed by atoms with E-state index in [0.29, 0.717) is 12.3 Å². The highest BCUT2D eigenvalue weighted by Crippen LogP contribution is 1.94. The van der Waals surface area contributed by atoms with Gasteiger partial charge < -0.3 is 5.32 Å². The molecule has 1 aromatic rings. The van der Waals surface area contributed by atoms with Crippen LogP contribution in [0.15, 0.2) is 0 Å². The molecule has 0 spiro atoms. The minimum absolute atomic E-state index is 0.655. The van der Waals surface area contributed by atoms with E-state index in [4.69, 9.17) is 0 Å². The van der Waals surface area contributed by atoms with Gasteiger partial charge in [0.2, 0.25) is 0 Å². The quantitative estimate of drug-likeness (QED) is 0.672. The Labute approximate surface area is 85.5 Å².